The third-order valence-electron chi connectivity index (χ3n) is 4.63. The first-order valence-electron chi connectivity index (χ1n) is 8.06. The number of thioether (sulfide) groups is 1. The van der Waals surface area contributed by atoms with E-state index in [1.54, 1.807) is 27.7 Å². The molecule has 0 atom stereocenters. The van der Waals surface area contributed by atoms with Crippen molar-refractivity contribution >= 4 is 56.1 Å². The number of aryl methyl sites for hydroxylation is 2. The van der Waals surface area contributed by atoms with E-state index in [0.29, 0.717) is 0 Å². The third kappa shape index (κ3) is 2.43. The molecule has 126 valence electrons. The lowest BCUT2D eigenvalue weighted by Gasteiger charge is -2.08. The molecule has 0 fully saturated rings. The summed E-state index contributed by atoms with van der Waals surface area (Å²) in [5.41, 5.74) is 4.32. The van der Waals surface area contributed by atoms with Crippen LogP contribution in [0, 0.1) is 0 Å². The zero-order chi connectivity index (χ0) is 17.0. The molecule has 0 aliphatic heterocycles. The minimum atomic E-state index is 0.0837. The minimum Gasteiger partial charge on any atom is -0.290 e. The van der Waals surface area contributed by atoms with Crippen molar-refractivity contribution in [2.45, 2.75) is 30.2 Å². The highest BCUT2D eigenvalue weighted by Crippen LogP contribution is 2.35. The number of fused-ring (bicyclic) bond motifs is 4. The monoisotopic (exact) mass is 386 g/mol. The van der Waals surface area contributed by atoms with Crippen LogP contribution in [0.5, 0.6) is 0 Å². The Hall–Kier alpha value is -1.77. The molecular weight excluding hydrogens is 372 g/mol. The summed E-state index contributed by atoms with van der Waals surface area (Å²) in [5, 5.41) is 1.60. The topological polar surface area (TPSA) is 60.7 Å². The van der Waals surface area contributed by atoms with Gasteiger partial charge in [-0.3, -0.25) is 9.36 Å². The van der Waals surface area contributed by atoms with Gasteiger partial charge in [-0.25, -0.2) is 4.98 Å². The number of hydrogen-bond donors (Lipinski definition) is 0. The van der Waals surface area contributed by atoms with Crippen LogP contribution in [0.4, 0.5) is 0 Å². The largest absolute Gasteiger partial charge is 0.290 e. The van der Waals surface area contributed by atoms with Gasteiger partial charge in [-0.1, -0.05) is 23.9 Å². The molecule has 0 N–H and O–H groups in total. The van der Waals surface area contributed by atoms with Crippen molar-refractivity contribution < 1.29 is 0 Å². The summed E-state index contributed by atoms with van der Waals surface area (Å²) in [6.07, 6.45) is 3.25. The number of hydrogen-bond acceptors (Lipinski definition) is 7. The summed E-state index contributed by atoms with van der Waals surface area (Å²) in [7, 11) is 1.82. The van der Waals surface area contributed by atoms with Crippen LogP contribution >= 0.6 is 34.8 Å². The van der Waals surface area contributed by atoms with Gasteiger partial charge in [-0.2, -0.15) is 8.75 Å². The predicted molar refractivity (Wildman–Crippen MR) is 104 cm³/mol. The van der Waals surface area contributed by atoms with E-state index in [9.17, 15) is 4.79 Å². The third-order valence-corrected chi connectivity index (χ3v) is 7.44. The smallest absolute Gasteiger partial charge is 0.262 e. The zero-order valence-electron chi connectivity index (χ0n) is 13.5. The van der Waals surface area contributed by atoms with E-state index < -0.39 is 0 Å². The van der Waals surface area contributed by atoms with Crippen molar-refractivity contribution in [1.29, 1.82) is 0 Å². The van der Waals surface area contributed by atoms with Gasteiger partial charge in [0, 0.05) is 17.7 Å². The molecule has 0 saturated carbocycles. The van der Waals surface area contributed by atoms with Gasteiger partial charge in [-0.05, 0) is 36.5 Å². The van der Waals surface area contributed by atoms with Crippen molar-refractivity contribution in [2.75, 3.05) is 0 Å². The lowest BCUT2D eigenvalue weighted by atomic mass is 10.2. The fourth-order valence-electron chi connectivity index (χ4n) is 3.36. The molecule has 3 heterocycles. The molecule has 8 heteroatoms. The Labute approximate surface area is 156 Å². The summed E-state index contributed by atoms with van der Waals surface area (Å²) >= 11 is 4.51. The Balaban J connectivity index is 1.54. The molecule has 0 bridgehead atoms. The summed E-state index contributed by atoms with van der Waals surface area (Å²) in [6.45, 7) is 0. The molecule has 0 radical (unpaired) electrons. The highest BCUT2D eigenvalue weighted by molar-refractivity contribution is 7.98. The van der Waals surface area contributed by atoms with Crippen molar-refractivity contribution in [3.63, 3.8) is 0 Å². The van der Waals surface area contributed by atoms with Crippen molar-refractivity contribution in [3.8, 4) is 0 Å². The number of aromatic nitrogens is 4. The molecule has 1 aliphatic rings. The van der Waals surface area contributed by atoms with Crippen LogP contribution in [0.15, 0.2) is 28.2 Å². The maximum Gasteiger partial charge on any atom is 0.262 e. The Morgan fingerprint density at radius 3 is 3.12 bits per heavy atom. The standard InChI is InChI=1S/C17H14N4OS3/c1-21-16(22)13-10-5-3-7-12(10)24-15(13)18-17(21)23-8-9-4-2-6-11-14(9)20-25-19-11/h2,4,6H,3,5,7-8H2,1H3. The van der Waals surface area contributed by atoms with E-state index in [0.717, 1.165) is 57.0 Å². The van der Waals surface area contributed by atoms with E-state index in [1.165, 1.54) is 22.2 Å². The summed E-state index contributed by atoms with van der Waals surface area (Å²) in [6, 6.07) is 6.03. The summed E-state index contributed by atoms with van der Waals surface area (Å²) < 4.78 is 10.4. The second-order valence-electron chi connectivity index (χ2n) is 6.13. The van der Waals surface area contributed by atoms with Gasteiger partial charge in [0.25, 0.3) is 5.56 Å². The van der Waals surface area contributed by atoms with Crippen molar-refractivity contribution in [2.24, 2.45) is 7.05 Å². The van der Waals surface area contributed by atoms with Crippen molar-refractivity contribution in [3.05, 3.63) is 44.6 Å². The number of rotatable bonds is 3. The van der Waals surface area contributed by atoms with Crippen molar-refractivity contribution in [1.82, 2.24) is 18.3 Å². The Bertz CT molecular complexity index is 1170. The molecule has 0 spiro atoms. The minimum absolute atomic E-state index is 0.0837. The highest BCUT2D eigenvalue weighted by atomic mass is 32.2. The first kappa shape index (κ1) is 15.5. The van der Waals surface area contributed by atoms with Crippen LogP contribution in [0.1, 0.15) is 22.4 Å². The van der Waals surface area contributed by atoms with Gasteiger partial charge >= 0.3 is 0 Å². The van der Waals surface area contributed by atoms with E-state index >= 15 is 0 Å². The lowest BCUT2D eigenvalue weighted by molar-refractivity contribution is 0.727. The van der Waals surface area contributed by atoms with Gasteiger partial charge in [-0.15, -0.1) is 11.3 Å². The molecule has 0 saturated heterocycles. The molecule has 5 rings (SSSR count). The molecular formula is C17H14N4OS3. The van der Waals surface area contributed by atoms with Crippen LogP contribution in [0.25, 0.3) is 21.3 Å². The normalized spacial score (nSPS) is 13.8. The maximum atomic E-state index is 12.8. The van der Waals surface area contributed by atoms with Crippen LogP contribution in [0.3, 0.4) is 0 Å². The molecule has 5 nitrogen and oxygen atoms in total. The fourth-order valence-corrected chi connectivity index (χ4v) is 6.18. The number of nitrogens with zero attached hydrogens (tertiary/aromatic N) is 4. The highest BCUT2D eigenvalue weighted by Gasteiger charge is 2.22. The molecule has 25 heavy (non-hydrogen) atoms. The summed E-state index contributed by atoms with van der Waals surface area (Å²) in [5.74, 6) is 0.722. The van der Waals surface area contributed by atoms with Gasteiger partial charge in [0.2, 0.25) is 0 Å². The van der Waals surface area contributed by atoms with Gasteiger partial charge in [0.15, 0.2) is 5.16 Å². The average molecular weight is 387 g/mol. The van der Waals surface area contributed by atoms with Gasteiger partial charge in [0.1, 0.15) is 15.9 Å². The van der Waals surface area contributed by atoms with E-state index in [1.807, 2.05) is 19.2 Å². The first-order valence-corrected chi connectivity index (χ1v) is 10.6. The fraction of sp³-hybridized carbons (Fsp3) is 0.294. The lowest BCUT2D eigenvalue weighted by Crippen LogP contribution is -2.20. The second kappa shape index (κ2) is 5.89. The average Bonchev–Trinajstić information content (AvgIpc) is 3.31. The van der Waals surface area contributed by atoms with Crippen LogP contribution in [-0.4, -0.2) is 18.3 Å². The van der Waals surface area contributed by atoms with Gasteiger partial charge in [0.05, 0.1) is 17.1 Å². The first-order chi connectivity index (χ1) is 12.2. The second-order valence-corrected chi connectivity index (χ2v) is 8.69. The van der Waals surface area contributed by atoms with Crippen LogP contribution in [0.2, 0.25) is 0 Å². The van der Waals surface area contributed by atoms with Crippen LogP contribution in [-0.2, 0) is 25.6 Å². The molecule has 1 aromatic carbocycles. The SMILES string of the molecule is Cn1c(SCc2cccc3nsnc23)nc2sc3c(c2c1=O)CCC3. The van der Waals surface area contributed by atoms with Gasteiger partial charge < -0.3 is 0 Å². The summed E-state index contributed by atoms with van der Waals surface area (Å²) in [4.78, 5) is 19.9. The molecule has 0 amide bonds. The molecule has 0 unspecified atom stereocenters. The molecule has 4 aromatic rings. The molecule has 1 aliphatic carbocycles. The number of thiophene rings is 1. The Kier molecular flexibility index (Phi) is 3.65. The Morgan fingerprint density at radius 1 is 1.28 bits per heavy atom. The quantitative estimate of drug-likeness (QED) is 0.396. The van der Waals surface area contributed by atoms with E-state index in [4.69, 9.17) is 4.98 Å². The Morgan fingerprint density at radius 2 is 2.20 bits per heavy atom. The molecule has 3 aromatic heterocycles. The van der Waals surface area contributed by atoms with E-state index in [-0.39, 0.29) is 5.56 Å². The maximum absolute atomic E-state index is 12.8. The predicted octanol–water partition coefficient (Wildman–Crippen LogP) is 3.78. The van der Waals surface area contributed by atoms with E-state index in [2.05, 4.69) is 14.8 Å². The van der Waals surface area contributed by atoms with Crippen LogP contribution < -0.4 is 5.56 Å². The zero-order valence-corrected chi connectivity index (χ0v) is 15.9. The number of benzene rings is 1.